The maximum atomic E-state index is 13.4. The molecule has 1 saturated carbocycles. The third-order valence-corrected chi connectivity index (χ3v) is 7.76. The van der Waals surface area contributed by atoms with Crippen LogP contribution in [0.15, 0.2) is 27.4 Å². The van der Waals surface area contributed by atoms with Crippen molar-refractivity contribution < 1.29 is 65.0 Å². The third-order valence-electron chi connectivity index (χ3n) is 7.76. The van der Waals surface area contributed by atoms with E-state index < -0.39 is 90.6 Å². The van der Waals surface area contributed by atoms with Crippen LogP contribution in [0, 0.1) is 5.92 Å². The van der Waals surface area contributed by atoms with Crippen molar-refractivity contribution in [1.82, 2.24) is 0 Å². The molecule has 0 spiro atoms. The lowest BCUT2D eigenvalue weighted by atomic mass is 9.74. The summed E-state index contributed by atoms with van der Waals surface area (Å²) in [4.78, 5) is 13.4. The number of hydrogen-bond acceptors (Lipinski definition) is 14. The van der Waals surface area contributed by atoms with E-state index in [9.17, 15) is 55.9 Å². The first-order valence-electron chi connectivity index (χ1n) is 12.6. The molecule has 40 heavy (non-hydrogen) atoms. The second-order valence-electron chi connectivity index (χ2n) is 10.3. The summed E-state index contributed by atoms with van der Waals surface area (Å²) in [5.41, 5.74) is -1.22. The van der Waals surface area contributed by atoms with Crippen LogP contribution >= 0.6 is 0 Å². The van der Waals surface area contributed by atoms with Gasteiger partial charge in [-0.25, -0.2) is 0 Å². The Kier molecular flexibility index (Phi) is 7.54. The Bertz CT molecular complexity index is 1470. The van der Waals surface area contributed by atoms with Gasteiger partial charge in [-0.1, -0.05) is 0 Å². The van der Waals surface area contributed by atoms with Gasteiger partial charge in [0.1, 0.15) is 52.5 Å². The number of phenolic OH excluding ortho intramolecular Hbond substituents is 3. The molecule has 2 heterocycles. The fraction of sp³-hybridized carbons (Fsp3) is 0.500. The fourth-order valence-corrected chi connectivity index (χ4v) is 5.56. The highest BCUT2D eigenvalue weighted by molar-refractivity contribution is 5.96. The molecule has 14 nitrogen and oxygen atoms in total. The molecular formula is C26H30O14. The van der Waals surface area contributed by atoms with Crippen molar-refractivity contribution in [1.29, 1.82) is 0 Å². The molecule has 2 aromatic carbocycles. The molecule has 1 aromatic heterocycles. The van der Waals surface area contributed by atoms with E-state index in [-0.39, 0.29) is 46.1 Å². The summed E-state index contributed by atoms with van der Waals surface area (Å²) in [7, 11) is 0. The normalized spacial score (nSPS) is 32.9. The van der Waals surface area contributed by atoms with Crippen molar-refractivity contribution >= 4 is 21.9 Å². The number of rotatable bonds is 5. The minimum Gasteiger partial charge on any atom is -0.507 e. The van der Waals surface area contributed by atoms with Gasteiger partial charge in [-0.05, 0) is 24.8 Å². The molecule has 1 aliphatic heterocycles. The van der Waals surface area contributed by atoms with E-state index in [0.29, 0.717) is 0 Å². The highest BCUT2D eigenvalue weighted by atomic mass is 16.7. The largest absolute Gasteiger partial charge is 0.507 e. The van der Waals surface area contributed by atoms with Crippen molar-refractivity contribution in [2.75, 3.05) is 13.2 Å². The molecule has 5 rings (SSSR count). The second kappa shape index (κ2) is 10.6. The maximum Gasteiger partial charge on any atom is 0.229 e. The molecule has 1 aliphatic carbocycles. The lowest BCUT2D eigenvalue weighted by molar-refractivity contribution is -0.277. The highest BCUT2D eigenvalue weighted by Gasteiger charge is 2.45. The van der Waals surface area contributed by atoms with E-state index in [1.54, 1.807) is 0 Å². The Morgan fingerprint density at radius 3 is 2.23 bits per heavy atom. The summed E-state index contributed by atoms with van der Waals surface area (Å²) in [5.74, 6) is -3.46. The number of benzene rings is 2. The quantitative estimate of drug-likeness (QED) is 0.157. The summed E-state index contributed by atoms with van der Waals surface area (Å²) in [6, 6.07) is 3.16. The molecule has 0 bridgehead atoms. The van der Waals surface area contributed by atoms with Crippen molar-refractivity contribution in [2.24, 2.45) is 5.92 Å². The van der Waals surface area contributed by atoms with E-state index >= 15 is 0 Å². The zero-order chi connectivity index (χ0) is 29.0. The summed E-state index contributed by atoms with van der Waals surface area (Å²) in [5, 5.41) is 101. The summed E-state index contributed by atoms with van der Waals surface area (Å²) >= 11 is 0. The minimum atomic E-state index is -1.77. The Morgan fingerprint density at radius 1 is 0.825 bits per heavy atom. The molecule has 218 valence electrons. The number of hydrogen-bond donors (Lipinski definition) is 10. The topological polar surface area (TPSA) is 251 Å². The van der Waals surface area contributed by atoms with Crippen LogP contribution in [0.5, 0.6) is 23.0 Å². The minimum absolute atomic E-state index is 0.0529. The standard InChI is InChI=1S/C26H30O14/c27-6-9-1-8(2-13(31)20(9)32)18-12(30)4-16-19(23(18)35)21(33)10-3-11(29)15(5-14(10)38-16)39-26-25(37)24(36)22(34)17(7-28)40-26/h3-5,8-9,13,17,20,22,24-32,34-37H,1-2,6-7H2. The van der Waals surface area contributed by atoms with Gasteiger partial charge in [0.2, 0.25) is 11.7 Å². The molecule has 10 N–H and O–H groups in total. The SMILES string of the molecule is O=c1c2cc(O)c(OC3OC(CO)C(O)C(O)C3O)cc2oc2cc(O)c(C3CC(O)C(O)C(CO)C3)c(O)c12. The van der Waals surface area contributed by atoms with E-state index in [2.05, 4.69) is 0 Å². The van der Waals surface area contributed by atoms with Crippen LogP contribution in [0.25, 0.3) is 21.9 Å². The van der Waals surface area contributed by atoms with Crippen LogP contribution in [0.4, 0.5) is 0 Å². The summed E-state index contributed by atoms with van der Waals surface area (Å²) in [6.45, 7) is -1.14. The number of ether oxygens (including phenoxy) is 2. The second-order valence-corrected chi connectivity index (χ2v) is 10.3. The number of aliphatic hydroxyl groups is 7. The molecule has 1 saturated heterocycles. The molecule has 2 aliphatic rings. The zero-order valence-electron chi connectivity index (χ0n) is 20.9. The van der Waals surface area contributed by atoms with Gasteiger partial charge in [0, 0.05) is 30.2 Å². The smallest absolute Gasteiger partial charge is 0.229 e. The van der Waals surface area contributed by atoms with Crippen LogP contribution in [0.1, 0.15) is 24.3 Å². The molecule has 3 aromatic rings. The molecule has 9 unspecified atom stereocenters. The number of phenols is 3. The van der Waals surface area contributed by atoms with Gasteiger partial charge < -0.3 is 65.0 Å². The predicted molar refractivity (Wildman–Crippen MR) is 134 cm³/mol. The van der Waals surface area contributed by atoms with Gasteiger partial charge in [0.15, 0.2) is 11.5 Å². The van der Waals surface area contributed by atoms with Crippen molar-refractivity contribution in [2.45, 2.75) is 61.7 Å². The first kappa shape index (κ1) is 28.3. The summed E-state index contributed by atoms with van der Waals surface area (Å²) < 4.78 is 16.5. The van der Waals surface area contributed by atoms with Gasteiger partial charge in [0.25, 0.3) is 0 Å². The number of aromatic hydroxyl groups is 3. The van der Waals surface area contributed by atoms with Crippen LogP contribution in [-0.4, -0.2) is 107 Å². The predicted octanol–water partition coefficient (Wildman–Crippen LogP) is -1.55. The lowest BCUT2D eigenvalue weighted by Gasteiger charge is -2.39. The van der Waals surface area contributed by atoms with E-state index in [1.807, 2.05) is 0 Å². The van der Waals surface area contributed by atoms with Gasteiger partial charge in [-0.2, -0.15) is 0 Å². The molecule has 0 radical (unpaired) electrons. The molecule has 2 fully saturated rings. The van der Waals surface area contributed by atoms with E-state index in [1.165, 1.54) is 0 Å². The van der Waals surface area contributed by atoms with Gasteiger partial charge in [0.05, 0.1) is 24.2 Å². The monoisotopic (exact) mass is 566 g/mol. The van der Waals surface area contributed by atoms with Crippen molar-refractivity contribution in [3.63, 3.8) is 0 Å². The summed E-state index contributed by atoms with van der Waals surface area (Å²) in [6.07, 6.45) is -10.4. The average molecular weight is 567 g/mol. The van der Waals surface area contributed by atoms with Gasteiger partial charge in [-0.15, -0.1) is 0 Å². The van der Waals surface area contributed by atoms with Crippen LogP contribution in [0.2, 0.25) is 0 Å². The first-order chi connectivity index (χ1) is 19.0. The fourth-order valence-electron chi connectivity index (χ4n) is 5.56. The Balaban J connectivity index is 1.55. The maximum absolute atomic E-state index is 13.4. The van der Waals surface area contributed by atoms with Gasteiger partial charge in [-0.3, -0.25) is 4.79 Å². The Labute approximate surface area is 225 Å². The van der Waals surface area contributed by atoms with Crippen LogP contribution in [-0.2, 0) is 4.74 Å². The Hall–Kier alpha value is -3.21. The lowest BCUT2D eigenvalue weighted by Crippen LogP contribution is -2.60. The molecule has 9 atom stereocenters. The average Bonchev–Trinajstić information content (AvgIpc) is 2.91. The zero-order valence-corrected chi connectivity index (χ0v) is 20.9. The van der Waals surface area contributed by atoms with Gasteiger partial charge >= 0.3 is 0 Å². The Morgan fingerprint density at radius 2 is 1.55 bits per heavy atom. The highest BCUT2D eigenvalue weighted by Crippen LogP contribution is 2.47. The van der Waals surface area contributed by atoms with Crippen LogP contribution in [0.3, 0.4) is 0 Å². The van der Waals surface area contributed by atoms with Crippen molar-refractivity contribution in [3.05, 3.63) is 34.0 Å². The van der Waals surface area contributed by atoms with E-state index in [0.717, 1.165) is 18.2 Å². The van der Waals surface area contributed by atoms with Crippen LogP contribution < -0.4 is 10.2 Å². The first-order valence-corrected chi connectivity index (χ1v) is 12.6. The van der Waals surface area contributed by atoms with Crippen molar-refractivity contribution in [3.8, 4) is 23.0 Å². The number of fused-ring (bicyclic) bond motifs is 2. The molecular weight excluding hydrogens is 536 g/mol. The molecule has 0 amide bonds. The number of aliphatic hydroxyl groups excluding tert-OH is 7. The van der Waals surface area contributed by atoms with E-state index in [4.69, 9.17) is 13.9 Å². The third kappa shape index (κ3) is 4.61. The molecule has 14 heteroatoms.